The molecule has 1 aromatic carbocycles. The van der Waals surface area contributed by atoms with Crippen LogP contribution in [0.2, 0.25) is 0 Å². The van der Waals surface area contributed by atoms with Gasteiger partial charge < -0.3 is 10.0 Å². The van der Waals surface area contributed by atoms with Crippen LogP contribution in [0.1, 0.15) is 29.7 Å². The second-order valence-corrected chi connectivity index (χ2v) is 4.75. The van der Waals surface area contributed by atoms with Gasteiger partial charge in [0.05, 0.1) is 6.10 Å². The Bertz CT molecular complexity index is 541. The summed E-state index contributed by atoms with van der Waals surface area (Å²) in [6.45, 7) is 3.57. The summed E-state index contributed by atoms with van der Waals surface area (Å²) in [5.74, 6) is 0.935. The van der Waals surface area contributed by atoms with E-state index in [1.807, 2.05) is 12.1 Å². The molecular formula is C15H16N2O. The Morgan fingerprint density at radius 1 is 1.17 bits per heavy atom. The van der Waals surface area contributed by atoms with Gasteiger partial charge in [-0.15, -0.1) is 0 Å². The molecule has 3 heteroatoms. The second-order valence-electron chi connectivity index (χ2n) is 4.75. The van der Waals surface area contributed by atoms with E-state index in [1.165, 1.54) is 11.1 Å². The summed E-state index contributed by atoms with van der Waals surface area (Å²) < 4.78 is 0. The van der Waals surface area contributed by atoms with Crippen LogP contribution in [-0.4, -0.2) is 10.1 Å². The third kappa shape index (κ3) is 1.97. The average Bonchev–Trinajstić information content (AvgIpc) is 2.82. The topological polar surface area (TPSA) is 36.4 Å². The smallest absolute Gasteiger partial charge is 0.129 e. The molecule has 3 nitrogen and oxygen atoms in total. The molecular weight excluding hydrogens is 224 g/mol. The van der Waals surface area contributed by atoms with Crippen LogP contribution < -0.4 is 4.90 Å². The van der Waals surface area contributed by atoms with E-state index in [9.17, 15) is 5.11 Å². The van der Waals surface area contributed by atoms with Crippen LogP contribution in [0.3, 0.4) is 0 Å². The SMILES string of the molecule is CC(O)c1ccnc(N2Cc3ccccc3C2)c1. The molecule has 0 bridgehead atoms. The van der Waals surface area contributed by atoms with Crippen LogP contribution in [0.15, 0.2) is 42.6 Å². The van der Waals surface area contributed by atoms with Gasteiger partial charge in [0.15, 0.2) is 0 Å². The van der Waals surface area contributed by atoms with Crippen molar-refractivity contribution in [2.45, 2.75) is 26.1 Å². The maximum atomic E-state index is 9.62. The van der Waals surface area contributed by atoms with E-state index in [2.05, 4.69) is 34.1 Å². The van der Waals surface area contributed by atoms with E-state index in [-0.39, 0.29) is 0 Å². The van der Waals surface area contributed by atoms with Gasteiger partial charge in [-0.05, 0) is 35.7 Å². The molecule has 1 aromatic heterocycles. The van der Waals surface area contributed by atoms with Gasteiger partial charge in [-0.25, -0.2) is 4.98 Å². The van der Waals surface area contributed by atoms with Gasteiger partial charge in [-0.3, -0.25) is 0 Å². The first-order valence-corrected chi connectivity index (χ1v) is 6.20. The zero-order valence-corrected chi connectivity index (χ0v) is 10.4. The summed E-state index contributed by atoms with van der Waals surface area (Å²) in [6, 6.07) is 12.3. The predicted octanol–water partition coefficient (Wildman–Crippen LogP) is 2.66. The van der Waals surface area contributed by atoms with Crippen molar-refractivity contribution in [3.63, 3.8) is 0 Å². The molecule has 1 atom stereocenters. The van der Waals surface area contributed by atoms with E-state index in [1.54, 1.807) is 13.1 Å². The van der Waals surface area contributed by atoms with Crippen LogP contribution in [0.5, 0.6) is 0 Å². The summed E-state index contributed by atoms with van der Waals surface area (Å²) in [5, 5.41) is 9.62. The summed E-state index contributed by atoms with van der Waals surface area (Å²) in [6.07, 6.45) is 1.32. The van der Waals surface area contributed by atoms with Crippen molar-refractivity contribution in [2.24, 2.45) is 0 Å². The second kappa shape index (κ2) is 4.42. The Balaban J connectivity index is 1.88. The maximum absolute atomic E-state index is 9.62. The lowest BCUT2D eigenvalue weighted by Gasteiger charge is -2.17. The molecule has 3 rings (SSSR count). The van der Waals surface area contributed by atoms with Gasteiger partial charge in [0, 0.05) is 19.3 Å². The summed E-state index contributed by atoms with van der Waals surface area (Å²) in [5.41, 5.74) is 3.64. The first kappa shape index (κ1) is 11.2. The number of nitrogens with zero attached hydrogens (tertiary/aromatic N) is 2. The summed E-state index contributed by atoms with van der Waals surface area (Å²) in [4.78, 5) is 6.63. The number of pyridine rings is 1. The zero-order valence-electron chi connectivity index (χ0n) is 10.4. The fourth-order valence-electron chi connectivity index (χ4n) is 2.36. The van der Waals surface area contributed by atoms with Crippen LogP contribution >= 0.6 is 0 Å². The lowest BCUT2D eigenvalue weighted by Crippen LogP contribution is -2.16. The maximum Gasteiger partial charge on any atom is 0.129 e. The highest BCUT2D eigenvalue weighted by Crippen LogP contribution is 2.27. The number of hydrogen-bond donors (Lipinski definition) is 1. The lowest BCUT2D eigenvalue weighted by atomic mass is 10.1. The van der Waals surface area contributed by atoms with Crippen LogP contribution in [0.25, 0.3) is 0 Å². The number of fused-ring (bicyclic) bond motifs is 1. The summed E-state index contributed by atoms with van der Waals surface area (Å²) in [7, 11) is 0. The number of hydrogen-bond acceptors (Lipinski definition) is 3. The first-order valence-electron chi connectivity index (χ1n) is 6.20. The largest absolute Gasteiger partial charge is 0.389 e. The Hall–Kier alpha value is -1.87. The molecule has 92 valence electrons. The average molecular weight is 240 g/mol. The van der Waals surface area contributed by atoms with Crippen molar-refractivity contribution in [2.75, 3.05) is 4.90 Å². The monoisotopic (exact) mass is 240 g/mol. The van der Waals surface area contributed by atoms with E-state index in [0.717, 1.165) is 24.5 Å². The molecule has 1 aliphatic heterocycles. The summed E-state index contributed by atoms with van der Waals surface area (Å²) >= 11 is 0. The van der Waals surface area contributed by atoms with Crippen LogP contribution in [0, 0.1) is 0 Å². The van der Waals surface area contributed by atoms with Crippen LogP contribution in [0.4, 0.5) is 5.82 Å². The molecule has 1 aliphatic rings. The fourth-order valence-corrected chi connectivity index (χ4v) is 2.36. The molecule has 0 fully saturated rings. The van der Waals surface area contributed by atoms with E-state index < -0.39 is 6.10 Å². The van der Waals surface area contributed by atoms with E-state index in [4.69, 9.17) is 0 Å². The number of benzene rings is 1. The highest BCUT2D eigenvalue weighted by Gasteiger charge is 2.19. The van der Waals surface area contributed by atoms with E-state index >= 15 is 0 Å². The van der Waals surface area contributed by atoms with Crippen molar-refractivity contribution in [1.82, 2.24) is 4.98 Å². The number of aliphatic hydroxyl groups excluding tert-OH is 1. The minimum Gasteiger partial charge on any atom is -0.389 e. The molecule has 1 N–H and O–H groups in total. The number of rotatable bonds is 2. The number of anilines is 1. The molecule has 0 saturated heterocycles. The van der Waals surface area contributed by atoms with Gasteiger partial charge in [0.1, 0.15) is 5.82 Å². The highest BCUT2D eigenvalue weighted by molar-refractivity contribution is 5.48. The molecule has 0 radical (unpaired) electrons. The predicted molar refractivity (Wildman–Crippen MR) is 71.2 cm³/mol. The van der Waals surface area contributed by atoms with Gasteiger partial charge in [-0.1, -0.05) is 24.3 Å². The first-order chi connectivity index (χ1) is 8.74. The minimum atomic E-state index is -0.447. The van der Waals surface area contributed by atoms with Crippen molar-refractivity contribution in [1.29, 1.82) is 0 Å². The molecule has 18 heavy (non-hydrogen) atoms. The van der Waals surface area contributed by atoms with Gasteiger partial charge in [-0.2, -0.15) is 0 Å². The molecule has 2 aromatic rings. The van der Waals surface area contributed by atoms with Crippen LogP contribution in [-0.2, 0) is 13.1 Å². The fraction of sp³-hybridized carbons (Fsp3) is 0.267. The van der Waals surface area contributed by atoms with Crippen molar-refractivity contribution in [3.8, 4) is 0 Å². The third-order valence-electron chi connectivity index (χ3n) is 3.42. The number of aromatic nitrogens is 1. The highest BCUT2D eigenvalue weighted by atomic mass is 16.3. The lowest BCUT2D eigenvalue weighted by molar-refractivity contribution is 0.199. The molecule has 1 unspecified atom stereocenters. The number of aliphatic hydroxyl groups is 1. The third-order valence-corrected chi connectivity index (χ3v) is 3.42. The molecule has 0 spiro atoms. The molecule has 2 heterocycles. The Morgan fingerprint density at radius 2 is 1.83 bits per heavy atom. The zero-order chi connectivity index (χ0) is 12.5. The quantitative estimate of drug-likeness (QED) is 0.876. The normalized spacial score (nSPS) is 15.6. The molecule has 0 saturated carbocycles. The van der Waals surface area contributed by atoms with Crippen molar-refractivity contribution >= 4 is 5.82 Å². The van der Waals surface area contributed by atoms with Gasteiger partial charge in [0.2, 0.25) is 0 Å². The van der Waals surface area contributed by atoms with Crippen molar-refractivity contribution in [3.05, 3.63) is 59.3 Å². The standard InChI is InChI=1S/C15H16N2O/c1-11(18)12-6-7-16-15(8-12)17-9-13-4-2-3-5-14(13)10-17/h2-8,11,18H,9-10H2,1H3. The molecule has 0 aliphatic carbocycles. The minimum absolute atomic E-state index is 0.447. The van der Waals surface area contributed by atoms with Crippen molar-refractivity contribution < 1.29 is 5.11 Å². The Kier molecular flexibility index (Phi) is 2.76. The molecule has 0 amide bonds. The Morgan fingerprint density at radius 3 is 2.44 bits per heavy atom. The Labute approximate surface area is 107 Å². The van der Waals surface area contributed by atoms with Gasteiger partial charge in [0.25, 0.3) is 0 Å². The van der Waals surface area contributed by atoms with Gasteiger partial charge >= 0.3 is 0 Å². The van der Waals surface area contributed by atoms with E-state index in [0.29, 0.717) is 0 Å².